The van der Waals surface area contributed by atoms with Gasteiger partial charge in [-0.2, -0.15) is 0 Å². The summed E-state index contributed by atoms with van der Waals surface area (Å²) in [5, 5.41) is 0. The van der Waals surface area contributed by atoms with Crippen LogP contribution in [0.15, 0.2) is 30.3 Å². The molecule has 2 heteroatoms. The Hall–Kier alpha value is -0.630. The summed E-state index contributed by atoms with van der Waals surface area (Å²) in [6.45, 7) is 0. The van der Waals surface area contributed by atoms with Crippen LogP contribution in [0.4, 0.5) is 0 Å². The average Bonchev–Trinajstić information content (AvgIpc) is 1.88. The molecule has 0 saturated heterocycles. The molecule has 0 aliphatic rings. The second kappa shape index (κ2) is 3.52. The van der Waals surface area contributed by atoms with E-state index in [0.717, 1.165) is 5.56 Å². The van der Waals surface area contributed by atoms with E-state index in [2.05, 4.69) is 0 Å². The van der Waals surface area contributed by atoms with Crippen molar-refractivity contribution in [3.05, 3.63) is 35.9 Å². The molecular weight excluding hydrogens is 144 g/mol. The maximum atomic E-state index is 10.7. The summed E-state index contributed by atoms with van der Waals surface area (Å²) in [4.78, 5) is 0. The number of rotatable bonds is 2. The molecule has 1 rings (SSSR count). The highest BCUT2D eigenvalue weighted by Crippen LogP contribution is 2.00. The predicted octanol–water partition coefficient (Wildman–Crippen LogP) is 1.57. The van der Waals surface area contributed by atoms with Crippen molar-refractivity contribution >= 4 is 10.8 Å². The molecule has 0 heterocycles. The summed E-state index contributed by atoms with van der Waals surface area (Å²) in [7, 11) is -0.717. The Labute approximate surface area is 63.5 Å². The Kier molecular flexibility index (Phi) is 2.63. The summed E-state index contributed by atoms with van der Waals surface area (Å²) in [5.41, 5.74) is 1.14. The molecule has 54 valence electrons. The molecule has 0 radical (unpaired) electrons. The van der Waals surface area contributed by atoms with E-state index in [1.807, 2.05) is 30.3 Å². The van der Waals surface area contributed by atoms with Crippen molar-refractivity contribution in [3.63, 3.8) is 0 Å². The molecule has 0 N–H and O–H groups in total. The van der Waals surface area contributed by atoms with Gasteiger partial charge in [-0.3, -0.25) is 4.21 Å². The van der Waals surface area contributed by atoms with E-state index in [9.17, 15) is 4.21 Å². The molecule has 0 saturated carbocycles. The van der Waals surface area contributed by atoms with Gasteiger partial charge in [-0.25, -0.2) is 0 Å². The zero-order chi connectivity index (χ0) is 7.40. The number of benzene rings is 1. The minimum absolute atomic E-state index is 0.668. The standard InChI is InChI=1S/C8H10OS/c1-10(9)7-8-5-3-2-4-6-8/h2-6H,7H2,1H3/t10-/m0/s1. The second-order valence-corrected chi connectivity index (χ2v) is 3.64. The molecule has 0 aromatic heterocycles. The Morgan fingerprint density at radius 3 is 2.40 bits per heavy atom. The molecule has 1 atom stereocenters. The molecule has 0 unspecified atom stereocenters. The smallest absolute Gasteiger partial charge is 0.0482 e. The van der Waals surface area contributed by atoms with Crippen molar-refractivity contribution in [2.45, 2.75) is 5.75 Å². The van der Waals surface area contributed by atoms with Gasteiger partial charge in [0.05, 0.1) is 0 Å². The summed E-state index contributed by atoms with van der Waals surface area (Å²) in [6.07, 6.45) is 1.72. The van der Waals surface area contributed by atoms with Gasteiger partial charge in [0.2, 0.25) is 0 Å². The monoisotopic (exact) mass is 154 g/mol. The third-order valence-corrected chi connectivity index (χ3v) is 1.95. The van der Waals surface area contributed by atoms with Gasteiger partial charge in [0.25, 0.3) is 0 Å². The summed E-state index contributed by atoms with van der Waals surface area (Å²) >= 11 is 0. The van der Waals surface area contributed by atoms with Gasteiger partial charge in [0, 0.05) is 22.8 Å². The lowest BCUT2D eigenvalue weighted by Gasteiger charge is -1.94. The zero-order valence-corrected chi connectivity index (χ0v) is 6.73. The van der Waals surface area contributed by atoms with Crippen LogP contribution < -0.4 is 0 Å². The fourth-order valence-corrected chi connectivity index (χ4v) is 1.47. The van der Waals surface area contributed by atoms with E-state index in [1.165, 1.54) is 0 Å². The van der Waals surface area contributed by atoms with Crippen molar-refractivity contribution in [2.24, 2.45) is 0 Å². The van der Waals surface area contributed by atoms with Crippen LogP contribution in [0.3, 0.4) is 0 Å². The largest absolute Gasteiger partial charge is 0.260 e. The first kappa shape index (κ1) is 7.48. The van der Waals surface area contributed by atoms with Crippen molar-refractivity contribution in [3.8, 4) is 0 Å². The normalized spacial score (nSPS) is 12.9. The first-order valence-electron chi connectivity index (χ1n) is 3.13. The van der Waals surface area contributed by atoms with Crippen LogP contribution in [0.25, 0.3) is 0 Å². The van der Waals surface area contributed by atoms with Gasteiger partial charge in [0.15, 0.2) is 0 Å². The van der Waals surface area contributed by atoms with E-state index in [4.69, 9.17) is 0 Å². The summed E-state index contributed by atoms with van der Waals surface area (Å²) in [5.74, 6) is 0.668. The molecule has 0 fully saturated rings. The van der Waals surface area contributed by atoms with Gasteiger partial charge in [-0.05, 0) is 5.56 Å². The highest BCUT2D eigenvalue weighted by molar-refractivity contribution is 7.83. The van der Waals surface area contributed by atoms with Crippen LogP contribution >= 0.6 is 0 Å². The second-order valence-electron chi connectivity index (χ2n) is 2.20. The molecule has 0 spiro atoms. The molecule has 1 aromatic carbocycles. The topological polar surface area (TPSA) is 17.1 Å². The average molecular weight is 154 g/mol. The van der Waals surface area contributed by atoms with E-state index >= 15 is 0 Å². The van der Waals surface area contributed by atoms with Gasteiger partial charge in [-0.1, -0.05) is 30.3 Å². The van der Waals surface area contributed by atoms with Crippen LogP contribution in [0.1, 0.15) is 5.56 Å². The third-order valence-electron chi connectivity index (χ3n) is 1.21. The van der Waals surface area contributed by atoms with Crippen molar-refractivity contribution in [1.82, 2.24) is 0 Å². The fraction of sp³-hybridized carbons (Fsp3) is 0.250. The van der Waals surface area contributed by atoms with E-state index < -0.39 is 10.8 Å². The van der Waals surface area contributed by atoms with Crippen LogP contribution in [-0.4, -0.2) is 10.5 Å². The minimum atomic E-state index is -0.717. The Morgan fingerprint density at radius 1 is 1.30 bits per heavy atom. The van der Waals surface area contributed by atoms with E-state index in [1.54, 1.807) is 6.26 Å². The Bertz CT molecular complexity index is 218. The molecule has 0 bridgehead atoms. The van der Waals surface area contributed by atoms with Gasteiger partial charge < -0.3 is 0 Å². The van der Waals surface area contributed by atoms with Gasteiger partial charge in [0.1, 0.15) is 0 Å². The molecule has 10 heavy (non-hydrogen) atoms. The number of hydrogen-bond acceptors (Lipinski definition) is 1. The molecule has 1 nitrogen and oxygen atoms in total. The van der Waals surface area contributed by atoms with Crippen LogP contribution in [0.2, 0.25) is 0 Å². The summed E-state index contributed by atoms with van der Waals surface area (Å²) in [6, 6.07) is 9.86. The first-order valence-corrected chi connectivity index (χ1v) is 4.86. The molecule has 0 amide bonds. The highest BCUT2D eigenvalue weighted by Gasteiger charge is 1.91. The van der Waals surface area contributed by atoms with Crippen molar-refractivity contribution < 1.29 is 4.21 Å². The third kappa shape index (κ3) is 2.31. The maximum absolute atomic E-state index is 10.7. The molecule has 0 aliphatic carbocycles. The van der Waals surface area contributed by atoms with Gasteiger partial charge >= 0.3 is 0 Å². The molecule has 1 aromatic rings. The maximum Gasteiger partial charge on any atom is 0.0482 e. The predicted molar refractivity (Wildman–Crippen MR) is 44.2 cm³/mol. The zero-order valence-electron chi connectivity index (χ0n) is 5.91. The summed E-state index contributed by atoms with van der Waals surface area (Å²) < 4.78 is 10.7. The van der Waals surface area contributed by atoms with Crippen LogP contribution in [0.5, 0.6) is 0 Å². The number of hydrogen-bond donors (Lipinski definition) is 0. The van der Waals surface area contributed by atoms with Crippen LogP contribution in [-0.2, 0) is 16.6 Å². The van der Waals surface area contributed by atoms with E-state index in [0.29, 0.717) is 5.75 Å². The van der Waals surface area contributed by atoms with Crippen molar-refractivity contribution in [2.75, 3.05) is 6.26 Å². The highest BCUT2D eigenvalue weighted by atomic mass is 32.2. The lowest BCUT2D eigenvalue weighted by molar-refractivity contribution is 0.686. The first-order chi connectivity index (χ1) is 4.79. The minimum Gasteiger partial charge on any atom is -0.260 e. The molecular formula is C8H10OS. The molecule has 0 aliphatic heterocycles. The lowest BCUT2D eigenvalue weighted by atomic mass is 10.2. The Morgan fingerprint density at radius 2 is 1.90 bits per heavy atom. The van der Waals surface area contributed by atoms with Crippen LogP contribution in [0, 0.1) is 0 Å². The lowest BCUT2D eigenvalue weighted by Crippen LogP contribution is -1.90. The fourth-order valence-electron chi connectivity index (χ4n) is 0.809. The van der Waals surface area contributed by atoms with Crippen molar-refractivity contribution in [1.29, 1.82) is 0 Å². The Balaban J connectivity index is 2.67. The quantitative estimate of drug-likeness (QED) is 0.632. The SMILES string of the molecule is C[S@](=O)Cc1ccccc1. The van der Waals surface area contributed by atoms with Gasteiger partial charge in [-0.15, -0.1) is 0 Å². The van der Waals surface area contributed by atoms with E-state index in [-0.39, 0.29) is 0 Å².